The minimum Gasteiger partial charge on any atom is -0.378 e. The van der Waals surface area contributed by atoms with Crippen molar-refractivity contribution in [3.8, 4) is 0 Å². The summed E-state index contributed by atoms with van der Waals surface area (Å²) < 4.78 is 31.3. The zero-order valence-electron chi connectivity index (χ0n) is 7.59. The summed E-state index contributed by atoms with van der Waals surface area (Å²) in [6, 6.07) is 0. The molecule has 1 nitrogen and oxygen atoms in total. The number of alkyl halides is 2. The average Bonchev–Trinajstić information content (AvgIpc) is 2.10. The summed E-state index contributed by atoms with van der Waals surface area (Å²) in [7, 11) is 1.44. The molecule has 72 valence electrons. The molecule has 3 heteroatoms. The first-order valence-corrected chi connectivity index (χ1v) is 4.51. The predicted octanol–water partition coefficient (Wildman–Crippen LogP) is 2.50. The first-order chi connectivity index (χ1) is 5.70. The summed E-state index contributed by atoms with van der Waals surface area (Å²) >= 11 is 0. The summed E-state index contributed by atoms with van der Waals surface area (Å²) in [6.45, 7) is 1.90. The molecule has 0 bridgehead atoms. The zero-order valence-corrected chi connectivity index (χ0v) is 7.59. The van der Waals surface area contributed by atoms with E-state index in [4.69, 9.17) is 4.74 Å². The fraction of sp³-hybridized carbons (Fsp3) is 1.00. The molecular weight excluding hydrogens is 162 g/mol. The predicted molar refractivity (Wildman–Crippen MR) is 43.6 cm³/mol. The van der Waals surface area contributed by atoms with E-state index in [1.54, 1.807) is 0 Å². The molecule has 0 aliphatic heterocycles. The topological polar surface area (TPSA) is 9.23 Å². The lowest BCUT2D eigenvalue weighted by Gasteiger charge is -2.33. The van der Waals surface area contributed by atoms with Gasteiger partial charge in [-0.2, -0.15) is 0 Å². The van der Waals surface area contributed by atoms with Gasteiger partial charge in [-0.25, -0.2) is 8.78 Å². The van der Waals surface area contributed by atoms with Crippen LogP contribution in [0, 0.1) is 5.92 Å². The van der Waals surface area contributed by atoms with Crippen LogP contribution in [-0.2, 0) is 4.74 Å². The van der Waals surface area contributed by atoms with Crippen LogP contribution < -0.4 is 0 Å². The van der Waals surface area contributed by atoms with E-state index in [2.05, 4.69) is 0 Å². The van der Waals surface area contributed by atoms with Gasteiger partial charge in [0.25, 0.3) is 0 Å². The molecule has 0 saturated heterocycles. The zero-order chi connectivity index (χ0) is 9.14. The Kier molecular flexibility index (Phi) is 3.44. The molecule has 0 aromatic carbocycles. The van der Waals surface area contributed by atoms with E-state index < -0.39 is 18.4 Å². The van der Waals surface area contributed by atoms with E-state index in [1.807, 2.05) is 6.92 Å². The van der Waals surface area contributed by atoms with E-state index in [0.29, 0.717) is 6.42 Å². The molecule has 0 spiro atoms. The van der Waals surface area contributed by atoms with E-state index in [-0.39, 0.29) is 5.92 Å². The Morgan fingerprint density at radius 2 is 1.92 bits per heavy atom. The minimum atomic E-state index is -1.42. The second-order valence-electron chi connectivity index (χ2n) is 3.41. The molecule has 0 amide bonds. The molecule has 12 heavy (non-hydrogen) atoms. The Morgan fingerprint density at radius 3 is 2.42 bits per heavy atom. The summed E-state index contributed by atoms with van der Waals surface area (Å²) in [5.74, 6) is -0.105. The van der Waals surface area contributed by atoms with Crippen molar-refractivity contribution in [3.05, 3.63) is 0 Å². The van der Waals surface area contributed by atoms with Crippen LogP contribution in [-0.4, -0.2) is 25.6 Å². The number of ether oxygens (including phenoxy) is 1. The minimum absolute atomic E-state index is 0.105. The first kappa shape index (κ1) is 9.90. The van der Waals surface area contributed by atoms with Crippen LogP contribution in [0.25, 0.3) is 0 Å². The maximum absolute atomic E-state index is 13.2. The van der Waals surface area contributed by atoms with Gasteiger partial charge in [0.15, 0.2) is 6.17 Å². The Balaban J connectivity index is 2.52. The van der Waals surface area contributed by atoms with Crippen molar-refractivity contribution >= 4 is 0 Å². The quantitative estimate of drug-likeness (QED) is 0.631. The third-order valence-electron chi connectivity index (χ3n) is 2.76. The smallest absolute Gasteiger partial charge is 0.157 e. The van der Waals surface area contributed by atoms with Gasteiger partial charge in [-0.15, -0.1) is 0 Å². The summed E-state index contributed by atoms with van der Waals surface area (Å²) in [5.41, 5.74) is 0. The number of hydrogen-bond donors (Lipinski definition) is 0. The van der Waals surface area contributed by atoms with E-state index in [9.17, 15) is 8.78 Å². The van der Waals surface area contributed by atoms with Crippen molar-refractivity contribution in [2.75, 3.05) is 7.11 Å². The summed E-state index contributed by atoms with van der Waals surface area (Å²) in [6.07, 6.45) is -1.16. The Morgan fingerprint density at radius 1 is 1.25 bits per heavy atom. The Bertz CT molecular complexity index is 124. The molecule has 1 aliphatic carbocycles. The van der Waals surface area contributed by atoms with Gasteiger partial charge in [-0.3, -0.25) is 0 Å². The molecule has 0 N–H and O–H groups in total. The lowest BCUT2D eigenvalue weighted by atomic mass is 9.83. The average molecular weight is 178 g/mol. The van der Waals surface area contributed by atoms with Crippen LogP contribution in [0.4, 0.5) is 8.78 Å². The monoisotopic (exact) mass is 178 g/mol. The summed E-state index contributed by atoms with van der Waals surface area (Å²) in [5, 5.41) is 0. The molecule has 1 fully saturated rings. The molecular formula is C9H16F2O. The van der Waals surface area contributed by atoms with Gasteiger partial charge in [0.05, 0.1) is 6.10 Å². The highest BCUT2D eigenvalue weighted by atomic mass is 19.2. The number of hydrogen-bond acceptors (Lipinski definition) is 1. The van der Waals surface area contributed by atoms with E-state index >= 15 is 0 Å². The van der Waals surface area contributed by atoms with Crippen LogP contribution in [0.5, 0.6) is 0 Å². The van der Waals surface area contributed by atoms with Crippen molar-refractivity contribution in [3.63, 3.8) is 0 Å². The second kappa shape index (κ2) is 4.17. The molecule has 0 radical (unpaired) electrons. The van der Waals surface area contributed by atoms with Crippen molar-refractivity contribution in [1.82, 2.24) is 0 Å². The Labute approximate surface area is 72.1 Å². The third kappa shape index (κ3) is 1.76. The van der Waals surface area contributed by atoms with Gasteiger partial charge in [-0.1, -0.05) is 13.3 Å². The summed E-state index contributed by atoms with van der Waals surface area (Å²) in [4.78, 5) is 0. The van der Waals surface area contributed by atoms with Gasteiger partial charge in [0.1, 0.15) is 6.17 Å². The second-order valence-corrected chi connectivity index (χ2v) is 3.41. The largest absolute Gasteiger partial charge is 0.378 e. The Hall–Kier alpha value is -0.180. The van der Waals surface area contributed by atoms with Crippen molar-refractivity contribution in [2.24, 2.45) is 5.92 Å². The molecule has 1 rings (SSSR count). The molecule has 0 aromatic heterocycles. The van der Waals surface area contributed by atoms with Gasteiger partial charge >= 0.3 is 0 Å². The molecule has 0 heterocycles. The highest BCUT2D eigenvalue weighted by Crippen LogP contribution is 2.32. The van der Waals surface area contributed by atoms with Gasteiger partial charge in [0, 0.05) is 7.11 Å². The standard InChI is InChI=1S/C9H16F2O/c1-3-6-4-5-7(12-2)9(11)8(6)10/h6-9H,3-5H2,1-2H3. The van der Waals surface area contributed by atoms with E-state index in [0.717, 1.165) is 12.8 Å². The first-order valence-electron chi connectivity index (χ1n) is 4.51. The third-order valence-corrected chi connectivity index (χ3v) is 2.76. The van der Waals surface area contributed by atoms with Crippen molar-refractivity contribution in [2.45, 2.75) is 44.6 Å². The molecule has 1 aliphatic rings. The van der Waals surface area contributed by atoms with Crippen molar-refractivity contribution in [1.29, 1.82) is 0 Å². The molecule has 4 atom stereocenters. The lowest BCUT2D eigenvalue weighted by molar-refractivity contribution is -0.0562. The lowest BCUT2D eigenvalue weighted by Crippen LogP contribution is -2.42. The van der Waals surface area contributed by atoms with Gasteiger partial charge in [-0.05, 0) is 18.8 Å². The highest BCUT2D eigenvalue weighted by Gasteiger charge is 2.39. The molecule has 1 saturated carbocycles. The van der Waals surface area contributed by atoms with Crippen LogP contribution in [0.15, 0.2) is 0 Å². The van der Waals surface area contributed by atoms with Gasteiger partial charge in [0.2, 0.25) is 0 Å². The SMILES string of the molecule is CCC1CCC(OC)C(F)C1F. The number of rotatable bonds is 2. The maximum atomic E-state index is 13.2. The van der Waals surface area contributed by atoms with E-state index in [1.165, 1.54) is 7.11 Å². The van der Waals surface area contributed by atoms with Crippen LogP contribution >= 0.6 is 0 Å². The van der Waals surface area contributed by atoms with Crippen LogP contribution in [0.1, 0.15) is 26.2 Å². The fourth-order valence-electron chi connectivity index (χ4n) is 1.84. The fourth-order valence-corrected chi connectivity index (χ4v) is 1.84. The van der Waals surface area contributed by atoms with Crippen LogP contribution in [0.3, 0.4) is 0 Å². The molecule has 0 aromatic rings. The van der Waals surface area contributed by atoms with Gasteiger partial charge < -0.3 is 4.74 Å². The highest BCUT2D eigenvalue weighted by molar-refractivity contribution is 4.88. The maximum Gasteiger partial charge on any atom is 0.157 e. The molecule has 4 unspecified atom stereocenters. The van der Waals surface area contributed by atoms with Crippen LogP contribution in [0.2, 0.25) is 0 Å². The number of methoxy groups -OCH3 is 1. The normalized spacial score (nSPS) is 43.0. The number of halogens is 2. The van der Waals surface area contributed by atoms with Crippen molar-refractivity contribution < 1.29 is 13.5 Å².